The highest BCUT2D eigenvalue weighted by Gasteiger charge is 2.06. The van der Waals surface area contributed by atoms with Gasteiger partial charge in [-0.15, -0.1) is 0 Å². The number of allylic oxidation sites excluding steroid dienone is 1. The van der Waals surface area contributed by atoms with Crippen LogP contribution in [0, 0.1) is 0 Å². The van der Waals surface area contributed by atoms with Gasteiger partial charge < -0.3 is 9.80 Å². The van der Waals surface area contributed by atoms with Crippen molar-refractivity contribution in [2.75, 3.05) is 13.2 Å². The lowest BCUT2D eigenvalue weighted by atomic mass is 10.0. The third-order valence-electron chi connectivity index (χ3n) is 5.74. The normalized spacial score (nSPS) is 14.1. The van der Waals surface area contributed by atoms with Gasteiger partial charge in [0.2, 0.25) is 0 Å². The molecule has 2 nitrogen and oxygen atoms in total. The highest BCUT2D eigenvalue weighted by atomic mass is 15.3. The van der Waals surface area contributed by atoms with Crippen LogP contribution in [0.2, 0.25) is 0 Å². The Morgan fingerprint density at radius 3 is 1.56 bits per heavy atom. The summed E-state index contributed by atoms with van der Waals surface area (Å²) < 4.78 is 0. The molecule has 0 saturated heterocycles. The first kappa shape index (κ1) is 24.1. The highest BCUT2D eigenvalue weighted by Crippen LogP contribution is 2.14. The lowest BCUT2D eigenvalue weighted by molar-refractivity contribution is 0.327. The summed E-state index contributed by atoms with van der Waals surface area (Å²) in [4.78, 5) is 4.59. The van der Waals surface area contributed by atoms with Crippen molar-refractivity contribution in [3.8, 4) is 0 Å². The van der Waals surface area contributed by atoms with Crippen molar-refractivity contribution < 1.29 is 0 Å². The molecule has 0 aromatic heterocycles. The summed E-state index contributed by atoms with van der Waals surface area (Å²) in [5.41, 5.74) is 0. The second-order valence-corrected chi connectivity index (χ2v) is 8.34. The van der Waals surface area contributed by atoms with Crippen LogP contribution in [0.15, 0.2) is 24.7 Å². The number of nitrogens with zero attached hydrogens (tertiary/aromatic N) is 2. The zero-order valence-electron chi connectivity index (χ0n) is 18.6. The first-order chi connectivity index (χ1) is 13.4. The van der Waals surface area contributed by atoms with Crippen LogP contribution in [-0.2, 0) is 0 Å². The summed E-state index contributed by atoms with van der Waals surface area (Å²) >= 11 is 0. The summed E-state index contributed by atoms with van der Waals surface area (Å²) in [5.74, 6) is 0. The first-order valence-corrected chi connectivity index (χ1v) is 12.2. The highest BCUT2D eigenvalue weighted by molar-refractivity contribution is 4.97. The van der Waals surface area contributed by atoms with E-state index in [2.05, 4.69) is 48.3 Å². The van der Waals surface area contributed by atoms with Gasteiger partial charge in [0, 0.05) is 25.1 Å². The van der Waals surface area contributed by atoms with Crippen LogP contribution in [0.5, 0.6) is 0 Å². The third kappa shape index (κ3) is 14.8. The zero-order valence-corrected chi connectivity index (χ0v) is 18.6. The van der Waals surface area contributed by atoms with E-state index in [0.717, 1.165) is 13.2 Å². The van der Waals surface area contributed by atoms with E-state index in [1.165, 1.54) is 109 Å². The second-order valence-electron chi connectivity index (χ2n) is 8.34. The quantitative estimate of drug-likeness (QED) is 0.209. The Kier molecular flexibility index (Phi) is 16.5. The molecule has 158 valence electrons. The van der Waals surface area contributed by atoms with Crippen molar-refractivity contribution in [2.24, 2.45) is 0 Å². The average Bonchev–Trinajstić information content (AvgIpc) is 3.15. The minimum atomic E-state index is 1.02. The Balaban J connectivity index is 1.72. The van der Waals surface area contributed by atoms with Crippen LogP contribution in [0.3, 0.4) is 0 Å². The van der Waals surface area contributed by atoms with E-state index in [9.17, 15) is 0 Å². The van der Waals surface area contributed by atoms with Crippen LogP contribution in [0.1, 0.15) is 123 Å². The summed E-state index contributed by atoms with van der Waals surface area (Å²) in [6.45, 7) is 6.62. The van der Waals surface area contributed by atoms with Crippen molar-refractivity contribution in [2.45, 2.75) is 123 Å². The minimum absolute atomic E-state index is 1.02. The largest absolute Gasteiger partial charge is 0.359 e. The lowest BCUT2D eigenvalue weighted by Gasteiger charge is -2.16. The smallest absolute Gasteiger partial charge is 0.0935 e. The maximum absolute atomic E-state index is 2.34. The monoisotopic (exact) mass is 376 g/mol. The molecule has 0 aromatic carbocycles. The van der Waals surface area contributed by atoms with Gasteiger partial charge in [-0.25, -0.2) is 0 Å². The molecule has 0 bridgehead atoms. The van der Waals surface area contributed by atoms with Crippen molar-refractivity contribution in [1.82, 2.24) is 9.80 Å². The van der Waals surface area contributed by atoms with Gasteiger partial charge in [-0.2, -0.15) is 0 Å². The molecule has 0 N–H and O–H groups in total. The molecule has 0 atom stereocenters. The Labute approximate surface area is 171 Å². The summed E-state index contributed by atoms with van der Waals surface area (Å²) in [6, 6.07) is 0. The summed E-state index contributed by atoms with van der Waals surface area (Å²) in [7, 11) is 0. The Morgan fingerprint density at radius 1 is 0.630 bits per heavy atom. The molecular formula is C25H48N2. The molecule has 27 heavy (non-hydrogen) atoms. The number of rotatable bonds is 19. The van der Waals surface area contributed by atoms with Crippen molar-refractivity contribution in [1.29, 1.82) is 0 Å². The lowest BCUT2D eigenvalue weighted by Crippen LogP contribution is -2.21. The molecule has 0 amide bonds. The van der Waals surface area contributed by atoms with Gasteiger partial charge >= 0.3 is 0 Å². The fourth-order valence-electron chi connectivity index (χ4n) is 3.81. The third-order valence-corrected chi connectivity index (χ3v) is 5.74. The van der Waals surface area contributed by atoms with E-state index in [0.29, 0.717) is 0 Å². The average molecular weight is 377 g/mol. The van der Waals surface area contributed by atoms with Crippen molar-refractivity contribution in [3.05, 3.63) is 24.7 Å². The molecule has 1 aliphatic rings. The molecule has 0 saturated carbocycles. The molecule has 1 heterocycles. The standard InChI is InChI=1S/C25H48N2/c1-3-5-6-7-8-9-10-11-12-13-14-15-16-17-18-19-20-21-22-27-24-23-26(4-2)25-27/h21-24H,3-20,25H2,1-2H3. The fraction of sp³-hybridized carbons (Fsp3) is 0.840. The maximum Gasteiger partial charge on any atom is 0.0935 e. The van der Waals surface area contributed by atoms with Crippen LogP contribution in [0.4, 0.5) is 0 Å². The van der Waals surface area contributed by atoms with E-state index >= 15 is 0 Å². The van der Waals surface area contributed by atoms with Crippen LogP contribution in [0.25, 0.3) is 0 Å². The maximum atomic E-state index is 2.34. The Bertz CT molecular complexity index is 361. The summed E-state index contributed by atoms with van der Waals surface area (Å²) in [6.07, 6.45) is 33.3. The van der Waals surface area contributed by atoms with Gasteiger partial charge in [0.1, 0.15) is 0 Å². The van der Waals surface area contributed by atoms with Gasteiger partial charge in [-0.1, -0.05) is 109 Å². The summed E-state index contributed by atoms with van der Waals surface area (Å²) in [5, 5.41) is 0. The van der Waals surface area contributed by atoms with Crippen LogP contribution >= 0.6 is 0 Å². The molecule has 0 aliphatic carbocycles. The van der Waals surface area contributed by atoms with Gasteiger partial charge in [0.05, 0.1) is 6.67 Å². The molecule has 0 fully saturated rings. The van der Waals surface area contributed by atoms with E-state index in [1.807, 2.05) is 0 Å². The number of unbranched alkanes of at least 4 members (excludes halogenated alkanes) is 16. The van der Waals surface area contributed by atoms with Gasteiger partial charge in [0.25, 0.3) is 0 Å². The van der Waals surface area contributed by atoms with Crippen molar-refractivity contribution in [3.63, 3.8) is 0 Å². The van der Waals surface area contributed by atoms with Crippen LogP contribution < -0.4 is 0 Å². The van der Waals surface area contributed by atoms with Crippen LogP contribution in [-0.4, -0.2) is 23.0 Å². The van der Waals surface area contributed by atoms with E-state index in [4.69, 9.17) is 0 Å². The predicted molar refractivity (Wildman–Crippen MR) is 122 cm³/mol. The molecule has 1 aliphatic heterocycles. The first-order valence-electron chi connectivity index (χ1n) is 12.2. The Morgan fingerprint density at radius 2 is 1.11 bits per heavy atom. The van der Waals surface area contributed by atoms with E-state index in [1.54, 1.807) is 0 Å². The Hall–Kier alpha value is -0.920. The second kappa shape index (κ2) is 18.4. The minimum Gasteiger partial charge on any atom is -0.359 e. The van der Waals surface area contributed by atoms with E-state index in [-0.39, 0.29) is 0 Å². The predicted octanol–water partition coefficient (Wildman–Crippen LogP) is 8.22. The molecule has 0 aromatic rings. The molecule has 0 spiro atoms. The van der Waals surface area contributed by atoms with Gasteiger partial charge in [0.15, 0.2) is 0 Å². The van der Waals surface area contributed by atoms with Gasteiger partial charge in [-0.3, -0.25) is 0 Å². The molecular weight excluding hydrogens is 328 g/mol. The van der Waals surface area contributed by atoms with Crippen molar-refractivity contribution >= 4 is 0 Å². The molecule has 0 unspecified atom stereocenters. The fourth-order valence-corrected chi connectivity index (χ4v) is 3.81. The SMILES string of the molecule is CCCCCCCCCCCCCCCCCCC=CN1C=CN(CC)C1. The number of hydrogen-bond donors (Lipinski definition) is 0. The molecule has 0 radical (unpaired) electrons. The van der Waals surface area contributed by atoms with E-state index < -0.39 is 0 Å². The zero-order chi connectivity index (χ0) is 19.4. The van der Waals surface area contributed by atoms with Gasteiger partial charge in [-0.05, 0) is 19.8 Å². The topological polar surface area (TPSA) is 6.48 Å². The number of hydrogen-bond acceptors (Lipinski definition) is 2. The molecule has 2 heteroatoms. The molecule has 1 rings (SSSR count).